The van der Waals surface area contributed by atoms with Crippen LogP contribution in [0.15, 0.2) is 24.4 Å². The minimum absolute atomic E-state index is 0.0429. The lowest BCUT2D eigenvalue weighted by atomic mass is 10.1. The fraction of sp³-hybridized carbons (Fsp3) is 0.286. The van der Waals surface area contributed by atoms with Gasteiger partial charge < -0.3 is 0 Å². The molecule has 0 bridgehead atoms. The quantitative estimate of drug-likeness (QED) is 0.697. The predicted octanol–water partition coefficient (Wildman–Crippen LogP) is 4.51. The summed E-state index contributed by atoms with van der Waals surface area (Å²) in [6, 6.07) is 4.77. The third-order valence-electron chi connectivity index (χ3n) is 3.21. The predicted molar refractivity (Wildman–Crippen MR) is 76.3 cm³/mol. The molecule has 3 nitrogen and oxygen atoms in total. The first-order valence-electron chi connectivity index (χ1n) is 6.40. The van der Waals surface area contributed by atoms with Gasteiger partial charge in [0.1, 0.15) is 0 Å². The lowest BCUT2D eigenvalue weighted by Gasteiger charge is -2.10. The van der Waals surface area contributed by atoms with Gasteiger partial charge >= 0.3 is 6.18 Å². The molecular weight excluding hydrogens is 299 g/mol. The highest BCUT2D eigenvalue weighted by molar-refractivity contribution is 7.15. The second kappa shape index (κ2) is 4.84. The standard InChI is InChI=1S/C14H12F3N3S/c1-3-20-13-9(7-18-20)10(14(15,16)17)6-11(19-13)12-5-4-8(2)21-12/h4-7H,3H2,1-2H3. The van der Waals surface area contributed by atoms with Gasteiger partial charge in [0.2, 0.25) is 0 Å². The van der Waals surface area contributed by atoms with Gasteiger partial charge in [-0.05, 0) is 32.0 Å². The molecule has 0 aliphatic rings. The van der Waals surface area contributed by atoms with Gasteiger partial charge in [0.15, 0.2) is 5.65 Å². The number of hydrogen-bond acceptors (Lipinski definition) is 3. The number of hydrogen-bond donors (Lipinski definition) is 0. The van der Waals surface area contributed by atoms with Gasteiger partial charge in [-0.25, -0.2) is 9.67 Å². The molecule has 0 saturated carbocycles. The van der Waals surface area contributed by atoms with Crippen molar-refractivity contribution in [2.24, 2.45) is 0 Å². The molecule has 0 radical (unpaired) electrons. The molecular formula is C14H12F3N3S. The Labute approximate surface area is 123 Å². The molecule has 110 valence electrons. The maximum absolute atomic E-state index is 13.3. The number of pyridine rings is 1. The van der Waals surface area contributed by atoms with E-state index in [4.69, 9.17) is 0 Å². The molecule has 21 heavy (non-hydrogen) atoms. The molecule has 0 N–H and O–H groups in total. The number of alkyl halides is 3. The monoisotopic (exact) mass is 311 g/mol. The first-order valence-corrected chi connectivity index (χ1v) is 7.22. The maximum atomic E-state index is 13.3. The van der Waals surface area contributed by atoms with Crippen molar-refractivity contribution in [3.05, 3.63) is 34.8 Å². The zero-order valence-corrected chi connectivity index (χ0v) is 12.2. The van der Waals surface area contributed by atoms with Crippen LogP contribution in [0.4, 0.5) is 13.2 Å². The van der Waals surface area contributed by atoms with Crippen LogP contribution >= 0.6 is 11.3 Å². The van der Waals surface area contributed by atoms with Gasteiger partial charge in [0.25, 0.3) is 0 Å². The fourth-order valence-corrected chi connectivity index (χ4v) is 3.04. The highest BCUT2D eigenvalue weighted by Crippen LogP contribution is 2.37. The molecule has 0 aromatic carbocycles. The molecule has 0 unspecified atom stereocenters. The Morgan fingerprint density at radius 2 is 2.05 bits per heavy atom. The minimum Gasteiger partial charge on any atom is -0.248 e. The van der Waals surface area contributed by atoms with E-state index in [9.17, 15) is 13.2 Å². The molecule has 3 aromatic heterocycles. The summed E-state index contributed by atoms with van der Waals surface area (Å²) in [5.74, 6) is 0. The highest BCUT2D eigenvalue weighted by Gasteiger charge is 2.34. The summed E-state index contributed by atoms with van der Waals surface area (Å²) in [4.78, 5) is 6.13. The van der Waals surface area contributed by atoms with Crippen molar-refractivity contribution in [3.8, 4) is 10.6 Å². The molecule has 3 aromatic rings. The van der Waals surface area contributed by atoms with Crippen LogP contribution in [0, 0.1) is 6.92 Å². The molecule has 0 saturated heterocycles. The van der Waals surface area contributed by atoms with Crippen LogP contribution in [-0.2, 0) is 12.7 Å². The van der Waals surface area contributed by atoms with E-state index >= 15 is 0 Å². The van der Waals surface area contributed by atoms with E-state index in [1.54, 1.807) is 6.07 Å². The van der Waals surface area contributed by atoms with E-state index in [1.165, 1.54) is 22.2 Å². The van der Waals surface area contributed by atoms with Crippen molar-refractivity contribution in [2.75, 3.05) is 0 Å². The normalized spacial score (nSPS) is 12.2. The van der Waals surface area contributed by atoms with E-state index in [2.05, 4.69) is 10.1 Å². The van der Waals surface area contributed by atoms with E-state index in [0.717, 1.165) is 15.8 Å². The molecule has 0 aliphatic carbocycles. The molecule has 0 spiro atoms. The second-order valence-corrected chi connectivity index (χ2v) is 5.95. The number of aromatic nitrogens is 3. The number of aryl methyl sites for hydroxylation is 2. The lowest BCUT2D eigenvalue weighted by Crippen LogP contribution is -2.07. The number of rotatable bonds is 2. The number of nitrogens with zero attached hydrogens (tertiary/aromatic N) is 3. The van der Waals surface area contributed by atoms with Crippen molar-refractivity contribution in [3.63, 3.8) is 0 Å². The summed E-state index contributed by atoms with van der Waals surface area (Å²) >= 11 is 1.43. The van der Waals surface area contributed by atoms with Crippen LogP contribution in [0.2, 0.25) is 0 Å². The van der Waals surface area contributed by atoms with Crippen LogP contribution in [0.3, 0.4) is 0 Å². The third-order valence-corrected chi connectivity index (χ3v) is 4.23. The highest BCUT2D eigenvalue weighted by atomic mass is 32.1. The molecule has 0 amide bonds. The van der Waals surface area contributed by atoms with Crippen molar-refractivity contribution in [1.29, 1.82) is 0 Å². The second-order valence-electron chi connectivity index (χ2n) is 4.66. The third kappa shape index (κ3) is 2.42. The van der Waals surface area contributed by atoms with Crippen LogP contribution in [-0.4, -0.2) is 14.8 Å². The van der Waals surface area contributed by atoms with Gasteiger partial charge in [-0.15, -0.1) is 11.3 Å². The van der Waals surface area contributed by atoms with E-state index < -0.39 is 11.7 Å². The van der Waals surface area contributed by atoms with E-state index in [-0.39, 0.29) is 11.0 Å². The van der Waals surface area contributed by atoms with Crippen LogP contribution < -0.4 is 0 Å². The zero-order chi connectivity index (χ0) is 15.2. The summed E-state index contributed by atoms with van der Waals surface area (Å²) in [7, 11) is 0. The molecule has 3 rings (SSSR count). The first-order chi connectivity index (χ1) is 9.90. The molecule has 0 aliphatic heterocycles. The Bertz CT molecular complexity index is 801. The van der Waals surface area contributed by atoms with Gasteiger partial charge in [-0.3, -0.25) is 0 Å². The Hall–Kier alpha value is -1.89. The maximum Gasteiger partial charge on any atom is 0.417 e. The molecule has 0 atom stereocenters. The Kier molecular flexibility index (Phi) is 3.24. The summed E-state index contributed by atoms with van der Waals surface area (Å²) in [5, 5.41) is 4.03. The average Bonchev–Trinajstić information content (AvgIpc) is 3.02. The van der Waals surface area contributed by atoms with Gasteiger partial charge in [0.05, 0.1) is 27.7 Å². The van der Waals surface area contributed by atoms with E-state index in [1.807, 2.05) is 19.9 Å². The van der Waals surface area contributed by atoms with Crippen LogP contribution in [0.5, 0.6) is 0 Å². The van der Waals surface area contributed by atoms with Crippen LogP contribution in [0.25, 0.3) is 21.6 Å². The van der Waals surface area contributed by atoms with Crippen molar-refractivity contribution >= 4 is 22.4 Å². The van der Waals surface area contributed by atoms with Crippen molar-refractivity contribution in [1.82, 2.24) is 14.8 Å². The van der Waals surface area contributed by atoms with Gasteiger partial charge in [-0.1, -0.05) is 0 Å². The van der Waals surface area contributed by atoms with E-state index in [0.29, 0.717) is 12.2 Å². The topological polar surface area (TPSA) is 30.7 Å². The number of fused-ring (bicyclic) bond motifs is 1. The summed E-state index contributed by atoms with van der Waals surface area (Å²) in [6.45, 7) is 4.21. The SMILES string of the molecule is CCn1ncc2c(C(F)(F)F)cc(-c3ccc(C)s3)nc21. The number of thiophene rings is 1. The Balaban J connectivity index is 2.31. The summed E-state index contributed by atoms with van der Waals surface area (Å²) in [5.41, 5.74) is -0.0789. The average molecular weight is 311 g/mol. The minimum atomic E-state index is -4.43. The summed E-state index contributed by atoms with van der Waals surface area (Å²) in [6.07, 6.45) is -3.19. The number of halogens is 3. The smallest absolute Gasteiger partial charge is 0.248 e. The van der Waals surface area contributed by atoms with Crippen LogP contribution in [0.1, 0.15) is 17.4 Å². The Morgan fingerprint density at radius 1 is 1.29 bits per heavy atom. The lowest BCUT2D eigenvalue weighted by molar-refractivity contribution is -0.136. The zero-order valence-electron chi connectivity index (χ0n) is 11.4. The van der Waals surface area contributed by atoms with Gasteiger partial charge in [-0.2, -0.15) is 18.3 Å². The molecule has 0 fully saturated rings. The van der Waals surface area contributed by atoms with Gasteiger partial charge in [0, 0.05) is 11.4 Å². The first kappa shape index (κ1) is 14.1. The van der Waals surface area contributed by atoms with Crippen molar-refractivity contribution in [2.45, 2.75) is 26.6 Å². The Morgan fingerprint density at radius 3 is 2.62 bits per heavy atom. The molecule has 3 heterocycles. The largest absolute Gasteiger partial charge is 0.417 e. The van der Waals surface area contributed by atoms with Crippen molar-refractivity contribution < 1.29 is 13.2 Å². The molecule has 7 heteroatoms. The summed E-state index contributed by atoms with van der Waals surface area (Å²) < 4.78 is 41.3. The fourth-order valence-electron chi connectivity index (χ4n) is 2.21.